The van der Waals surface area contributed by atoms with Crippen molar-refractivity contribution >= 4 is 34.7 Å². The van der Waals surface area contributed by atoms with Gasteiger partial charge < -0.3 is 10.1 Å². The smallest absolute Gasteiger partial charge is 0.432 e. The SMILES string of the molecule is N=C(/C=C(\Nc1ccccc1Cl)c1ccc(C(=O)OCc2cccnc2)cc1)C(F)(F)F. The Morgan fingerprint density at radius 1 is 1.06 bits per heavy atom. The maximum absolute atomic E-state index is 12.9. The van der Waals surface area contributed by atoms with Crippen LogP contribution in [0.4, 0.5) is 18.9 Å². The van der Waals surface area contributed by atoms with E-state index in [0.29, 0.717) is 22.3 Å². The molecule has 0 unspecified atom stereocenters. The molecule has 2 N–H and O–H groups in total. The van der Waals surface area contributed by atoms with Gasteiger partial charge in [-0.1, -0.05) is 41.9 Å². The molecule has 0 aliphatic carbocycles. The topological polar surface area (TPSA) is 75.1 Å². The van der Waals surface area contributed by atoms with E-state index >= 15 is 0 Å². The van der Waals surface area contributed by atoms with Crippen LogP contribution in [-0.4, -0.2) is 22.8 Å². The molecule has 0 saturated carbocycles. The average Bonchev–Trinajstić information content (AvgIpc) is 2.78. The minimum atomic E-state index is -4.82. The van der Waals surface area contributed by atoms with Crippen molar-refractivity contribution in [2.45, 2.75) is 12.8 Å². The number of anilines is 1. The second kappa shape index (κ2) is 10.1. The number of pyridine rings is 1. The van der Waals surface area contributed by atoms with Gasteiger partial charge in [-0.2, -0.15) is 13.2 Å². The number of nitrogens with one attached hydrogen (secondary N) is 2. The molecule has 32 heavy (non-hydrogen) atoms. The number of ether oxygens (including phenoxy) is 1. The molecule has 0 radical (unpaired) electrons. The van der Waals surface area contributed by atoms with Crippen LogP contribution in [0.3, 0.4) is 0 Å². The number of esters is 1. The third kappa shape index (κ3) is 6.18. The number of para-hydroxylation sites is 1. The molecular weight excluding hydrogens is 443 g/mol. The first-order chi connectivity index (χ1) is 15.2. The van der Waals surface area contributed by atoms with Crippen molar-refractivity contribution in [2.24, 2.45) is 0 Å². The second-order valence-electron chi connectivity index (χ2n) is 6.59. The first kappa shape index (κ1) is 23.0. The summed E-state index contributed by atoms with van der Waals surface area (Å²) in [6.07, 6.45) is -0.976. The molecule has 0 aliphatic heterocycles. The Labute approximate surface area is 187 Å². The number of alkyl halides is 3. The van der Waals surface area contributed by atoms with Gasteiger partial charge in [-0.15, -0.1) is 0 Å². The molecule has 0 aliphatic rings. The molecule has 1 aromatic heterocycles. The van der Waals surface area contributed by atoms with Gasteiger partial charge in [0.25, 0.3) is 0 Å². The summed E-state index contributed by atoms with van der Waals surface area (Å²) in [5, 5.41) is 10.5. The molecule has 0 amide bonds. The summed E-state index contributed by atoms with van der Waals surface area (Å²) in [6, 6.07) is 15.8. The molecule has 0 atom stereocenters. The van der Waals surface area contributed by atoms with Crippen molar-refractivity contribution in [1.29, 1.82) is 5.41 Å². The van der Waals surface area contributed by atoms with Gasteiger partial charge in [0.05, 0.1) is 16.3 Å². The van der Waals surface area contributed by atoms with Crippen LogP contribution in [0.25, 0.3) is 5.70 Å². The molecule has 0 bridgehead atoms. The number of carbonyl (C=O) groups excluding carboxylic acids is 1. The number of hydrogen-bond acceptors (Lipinski definition) is 5. The minimum absolute atomic E-state index is 0.00398. The number of benzene rings is 2. The summed E-state index contributed by atoms with van der Waals surface area (Å²) < 4.78 is 44.1. The van der Waals surface area contributed by atoms with Crippen molar-refractivity contribution in [1.82, 2.24) is 4.98 Å². The van der Waals surface area contributed by atoms with E-state index in [4.69, 9.17) is 21.7 Å². The van der Waals surface area contributed by atoms with Gasteiger partial charge in [0.2, 0.25) is 0 Å². The Bertz CT molecular complexity index is 1130. The van der Waals surface area contributed by atoms with E-state index in [1.807, 2.05) is 0 Å². The van der Waals surface area contributed by atoms with Crippen LogP contribution in [0.5, 0.6) is 0 Å². The molecular formula is C23H17ClF3N3O2. The number of halogens is 4. The van der Waals surface area contributed by atoms with Gasteiger partial charge in [0.1, 0.15) is 12.3 Å². The predicted molar refractivity (Wildman–Crippen MR) is 117 cm³/mol. The van der Waals surface area contributed by atoms with Crippen molar-refractivity contribution < 1.29 is 22.7 Å². The zero-order chi connectivity index (χ0) is 23.1. The van der Waals surface area contributed by atoms with Crippen LogP contribution in [0.1, 0.15) is 21.5 Å². The van der Waals surface area contributed by atoms with E-state index in [2.05, 4.69) is 10.3 Å². The molecule has 2 aromatic carbocycles. The first-order valence-electron chi connectivity index (χ1n) is 9.29. The summed E-state index contributed by atoms with van der Waals surface area (Å²) in [5.74, 6) is -0.590. The number of hydrogen-bond donors (Lipinski definition) is 2. The normalized spacial score (nSPS) is 11.7. The maximum Gasteiger partial charge on any atom is 0.432 e. The van der Waals surface area contributed by atoms with E-state index in [0.717, 1.165) is 5.56 Å². The number of carbonyl (C=O) groups is 1. The monoisotopic (exact) mass is 459 g/mol. The van der Waals surface area contributed by atoms with Crippen molar-refractivity contribution in [3.05, 3.63) is 101 Å². The molecule has 0 spiro atoms. The lowest BCUT2D eigenvalue weighted by Crippen LogP contribution is -2.20. The Kier molecular flexibility index (Phi) is 7.27. The summed E-state index contributed by atoms with van der Waals surface area (Å²) in [6.45, 7) is 0.0381. The largest absolute Gasteiger partial charge is 0.457 e. The van der Waals surface area contributed by atoms with E-state index in [9.17, 15) is 18.0 Å². The fourth-order valence-corrected chi connectivity index (χ4v) is 2.81. The molecule has 0 saturated heterocycles. The van der Waals surface area contributed by atoms with Crippen LogP contribution in [-0.2, 0) is 11.3 Å². The number of rotatable bonds is 7. The number of aromatic nitrogens is 1. The molecule has 1 heterocycles. The van der Waals surface area contributed by atoms with Crippen LogP contribution >= 0.6 is 11.6 Å². The molecule has 3 aromatic rings. The Morgan fingerprint density at radius 3 is 2.38 bits per heavy atom. The summed E-state index contributed by atoms with van der Waals surface area (Å²) >= 11 is 6.10. The quantitative estimate of drug-likeness (QED) is 0.329. The lowest BCUT2D eigenvalue weighted by atomic mass is 10.1. The highest BCUT2D eigenvalue weighted by molar-refractivity contribution is 6.33. The minimum Gasteiger partial charge on any atom is -0.457 e. The summed E-state index contributed by atoms with van der Waals surface area (Å²) in [4.78, 5) is 16.2. The molecule has 164 valence electrons. The van der Waals surface area contributed by atoms with E-state index in [-0.39, 0.29) is 17.9 Å². The van der Waals surface area contributed by atoms with Crippen molar-refractivity contribution in [3.8, 4) is 0 Å². The highest BCUT2D eigenvalue weighted by atomic mass is 35.5. The standard InChI is InChI=1S/C23H17ClF3N3O2/c24-18-5-1-2-6-19(18)30-20(12-21(28)23(25,26)27)16-7-9-17(10-8-16)22(31)32-14-15-4-3-11-29-13-15/h1-13,28,30H,14H2/b20-12-,28-21?. The van der Waals surface area contributed by atoms with Gasteiger partial charge >= 0.3 is 12.1 Å². The fraction of sp³-hybridized carbons (Fsp3) is 0.0870. The molecule has 0 fully saturated rings. The first-order valence-corrected chi connectivity index (χ1v) is 9.67. The molecule has 5 nitrogen and oxygen atoms in total. The summed E-state index contributed by atoms with van der Waals surface area (Å²) in [7, 11) is 0. The van der Waals surface area contributed by atoms with Crippen molar-refractivity contribution in [3.63, 3.8) is 0 Å². The van der Waals surface area contributed by atoms with Crippen molar-refractivity contribution in [2.75, 3.05) is 5.32 Å². The lowest BCUT2D eigenvalue weighted by molar-refractivity contribution is -0.0583. The van der Waals surface area contributed by atoms with E-state index < -0.39 is 17.9 Å². The van der Waals surface area contributed by atoms with Crippen LogP contribution in [0.15, 0.2) is 79.1 Å². The van der Waals surface area contributed by atoms with Crippen LogP contribution < -0.4 is 5.32 Å². The highest BCUT2D eigenvalue weighted by Gasteiger charge is 2.33. The zero-order valence-electron chi connectivity index (χ0n) is 16.5. The van der Waals surface area contributed by atoms with Gasteiger partial charge in [-0.3, -0.25) is 10.4 Å². The van der Waals surface area contributed by atoms with Gasteiger partial charge in [-0.05, 0) is 42.0 Å². The predicted octanol–water partition coefficient (Wildman–Crippen LogP) is 6.13. The van der Waals surface area contributed by atoms with E-state index in [1.165, 1.54) is 24.3 Å². The van der Waals surface area contributed by atoms with Gasteiger partial charge in [-0.25, -0.2) is 4.79 Å². The van der Waals surface area contributed by atoms with Gasteiger partial charge in [0, 0.05) is 23.7 Å². The molecule has 9 heteroatoms. The van der Waals surface area contributed by atoms with Crippen LogP contribution in [0.2, 0.25) is 5.02 Å². The van der Waals surface area contributed by atoms with Crippen LogP contribution in [0, 0.1) is 5.41 Å². The maximum atomic E-state index is 12.9. The third-order valence-electron chi connectivity index (χ3n) is 4.26. The average molecular weight is 460 g/mol. The lowest BCUT2D eigenvalue weighted by Gasteiger charge is -2.15. The summed E-state index contributed by atoms with van der Waals surface area (Å²) in [5.41, 5.74) is 0.0960. The third-order valence-corrected chi connectivity index (χ3v) is 4.59. The zero-order valence-corrected chi connectivity index (χ0v) is 17.2. The van der Waals surface area contributed by atoms with Gasteiger partial charge in [0.15, 0.2) is 0 Å². The van der Waals surface area contributed by atoms with E-state index in [1.54, 1.807) is 48.8 Å². The Balaban J connectivity index is 1.81. The second-order valence-corrected chi connectivity index (χ2v) is 7.00. The molecule has 3 rings (SSSR count). The Morgan fingerprint density at radius 2 is 1.75 bits per heavy atom. The number of allylic oxidation sites excluding steroid dienone is 1. The Hall–Kier alpha value is -3.65. The highest BCUT2D eigenvalue weighted by Crippen LogP contribution is 2.27. The number of nitrogens with zero attached hydrogens (tertiary/aromatic N) is 1. The fourth-order valence-electron chi connectivity index (χ4n) is 2.63.